The first-order chi connectivity index (χ1) is 10.6. The lowest BCUT2D eigenvalue weighted by Gasteiger charge is -2.10. The molecule has 0 amide bonds. The number of hydrogen-bond donors (Lipinski definition) is 2. The fourth-order valence-electron chi connectivity index (χ4n) is 1.86. The zero-order chi connectivity index (χ0) is 16.2. The quantitative estimate of drug-likeness (QED) is 0.257. The first kappa shape index (κ1) is 22.0. The van der Waals surface area contributed by atoms with Gasteiger partial charge in [0.05, 0.1) is 6.54 Å². The molecule has 0 spiro atoms. The minimum atomic E-state index is 0. The average Bonchev–Trinajstić information content (AvgIpc) is 2.52. The van der Waals surface area contributed by atoms with E-state index in [9.17, 15) is 0 Å². The number of guanidine groups is 1. The topological polar surface area (TPSA) is 68.9 Å². The molecule has 1 aromatic carbocycles. The number of nitrogens with one attached hydrogen (secondary N) is 1. The van der Waals surface area contributed by atoms with Crippen LogP contribution < -0.4 is 15.8 Å². The van der Waals surface area contributed by atoms with Crippen molar-refractivity contribution in [1.82, 2.24) is 5.32 Å². The summed E-state index contributed by atoms with van der Waals surface area (Å²) in [6, 6.07) is 8.20. The van der Waals surface area contributed by atoms with Crippen LogP contribution in [0.4, 0.5) is 0 Å². The van der Waals surface area contributed by atoms with E-state index in [0.717, 1.165) is 25.4 Å². The highest BCUT2D eigenvalue weighted by molar-refractivity contribution is 14.0. The third-order valence-electron chi connectivity index (χ3n) is 3.16. The molecule has 0 heterocycles. The van der Waals surface area contributed by atoms with Crippen LogP contribution in [0.5, 0.6) is 5.75 Å². The Labute approximate surface area is 157 Å². The number of halogens is 1. The average molecular weight is 435 g/mol. The summed E-state index contributed by atoms with van der Waals surface area (Å²) in [5, 5.41) is 3.04. The second-order valence-electron chi connectivity index (χ2n) is 5.32. The Kier molecular flexibility index (Phi) is 12.8. The van der Waals surface area contributed by atoms with Crippen LogP contribution in [-0.2, 0) is 4.74 Å². The minimum absolute atomic E-state index is 0. The molecule has 6 heteroatoms. The normalized spacial score (nSPS) is 11.2. The third kappa shape index (κ3) is 10.4. The van der Waals surface area contributed by atoms with E-state index < -0.39 is 0 Å². The van der Waals surface area contributed by atoms with E-state index >= 15 is 0 Å². The van der Waals surface area contributed by atoms with E-state index in [1.165, 1.54) is 5.56 Å². The van der Waals surface area contributed by atoms with Crippen molar-refractivity contribution >= 4 is 29.9 Å². The molecule has 3 N–H and O–H groups in total. The Bertz CT molecular complexity index is 436. The second kappa shape index (κ2) is 13.4. The Morgan fingerprint density at radius 3 is 2.52 bits per heavy atom. The van der Waals surface area contributed by atoms with E-state index in [0.29, 0.717) is 31.6 Å². The van der Waals surface area contributed by atoms with Gasteiger partial charge in [-0.1, -0.05) is 26.0 Å². The summed E-state index contributed by atoms with van der Waals surface area (Å²) in [7, 11) is 0. The van der Waals surface area contributed by atoms with E-state index in [2.05, 4.69) is 36.3 Å². The highest BCUT2D eigenvalue weighted by atomic mass is 127. The second-order valence-corrected chi connectivity index (χ2v) is 5.32. The summed E-state index contributed by atoms with van der Waals surface area (Å²) < 4.78 is 10.9. The maximum absolute atomic E-state index is 5.76. The van der Waals surface area contributed by atoms with Crippen molar-refractivity contribution in [3.8, 4) is 5.75 Å². The molecule has 0 unspecified atom stereocenters. The summed E-state index contributed by atoms with van der Waals surface area (Å²) in [6.45, 7) is 9.66. The highest BCUT2D eigenvalue weighted by Gasteiger charge is 1.99. The number of benzene rings is 1. The van der Waals surface area contributed by atoms with E-state index in [4.69, 9.17) is 15.2 Å². The van der Waals surface area contributed by atoms with Crippen LogP contribution in [0.1, 0.15) is 38.7 Å². The number of ether oxygens (including phenoxy) is 2. The van der Waals surface area contributed by atoms with Gasteiger partial charge in [0.25, 0.3) is 0 Å². The molecule has 5 nitrogen and oxygen atoms in total. The SMILES string of the molecule is CCOCCCN=C(N)NCCOc1ccc(C(C)C)cc1.I. The van der Waals surface area contributed by atoms with Gasteiger partial charge in [0.15, 0.2) is 5.96 Å². The van der Waals surface area contributed by atoms with Crippen molar-refractivity contribution in [3.05, 3.63) is 29.8 Å². The van der Waals surface area contributed by atoms with Gasteiger partial charge in [0.2, 0.25) is 0 Å². The smallest absolute Gasteiger partial charge is 0.188 e. The van der Waals surface area contributed by atoms with Crippen LogP contribution in [0.2, 0.25) is 0 Å². The van der Waals surface area contributed by atoms with Gasteiger partial charge in [0, 0.05) is 19.8 Å². The van der Waals surface area contributed by atoms with Gasteiger partial charge in [-0.15, -0.1) is 24.0 Å². The van der Waals surface area contributed by atoms with Crippen molar-refractivity contribution in [2.24, 2.45) is 10.7 Å². The van der Waals surface area contributed by atoms with Crippen molar-refractivity contribution in [2.75, 3.05) is 32.9 Å². The molecule has 0 radical (unpaired) electrons. The largest absolute Gasteiger partial charge is 0.492 e. The summed E-state index contributed by atoms with van der Waals surface area (Å²) >= 11 is 0. The number of nitrogens with zero attached hydrogens (tertiary/aromatic N) is 1. The molecule has 0 bridgehead atoms. The number of nitrogens with two attached hydrogens (primary N) is 1. The molecule has 0 saturated heterocycles. The van der Waals surface area contributed by atoms with Crippen LogP contribution in [-0.4, -0.2) is 38.9 Å². The van der Waals surface area contributed by atoms with Crippen LogP contribution in [0.15, 0.2) is 29.3 Å². The van der Waals surface area contributed by atoms with E-state index in [-0.39, 0.29) is 24.0 Å². The molecule has 1 rings (SSSR count). The number of hydrogen-bond acceptors (Lipinski definition) is 3. The van der Waals surface area contributed by atoms with Gasteiger partial charge in [-0.05, 0) is 37.0 Å². The van der Waals surface area contributed by atoms with Gasteiger partial charge in [0.1, 0.15) is 12.4 Å². The Balaban J connectivity index is 0.00000484. The fourth-order valence-corrected chi connectivity index (χ4v) is 1.86. The Morgan fingerprint density at radius 2 is 1.91 bits per heavy atom. The molecule has 23 heavy (non-hydrogen) atoms. The van der Waals surface area contributed by atoms with Crippen molar-refractivity contribution in [1.29, 1.82) is 0 Å². The summed E-state index contributed by atoms with van der Waals surface area (Å²) in [4.78, 5) is 4.22. The molecule has 0 saturated carbocycles. The summed E-state index contributed by atoms with van der Waals surface area (Å²) in [6.07, 6.45) is 0.884. The monoisotopic (exact) mass is 435 g/mol. The van der Waals surface area contributed by atoms with Gasteiger partial charge in [-0.2, -0.15) is 0 Å². The molecule has 0 aromatic heterocycles. The first-order valence-corrected chi connectivity index (χ1v) is 7.97. The molecule has 0 aliphatic heterocycles. The zero-order valence-corrected chi connectivity index (χ0v) is 16.7. The predicted octanol–water partition coefficient (Wildman–Crippen LogP) is 3.14. The van der Waals surface area contributed by atoms with E-state index in [1.54, 1.807) is 0 Å². The van der Waals surface area contributed by atoms with Gasteiger partial charge < -0.3 is 20.5 Å². The lowest BCUT2D eigenvalue weighted by Crippen LogP contribution is -2.34. The predicted molar refractivity (Wildman–Crippen MR) is 107 cm³/mol. The molecule has 0 aliphatic rings. The highest BCUT2D eigenvalue weighted by Crippen LogP contribution is 2.18. The molecule has 1 aromatic rings. The molecular formula is C17H30IN3O2. The lowest BCUT2D eigenvalue weighted by molar-refractivity contribution is 0.146. The Morgan fingerprint density at radius 1 is 1.22 bits per heavy atom. The van der Waals surface area contributed by atoms with Gasteiger partial charge in [-0.3, -0.25) is 4.99 Å². The van der Waals surface area contributed by atoms with Crippen LogP contribution in [0.25, 0.3) is 0 Å². The maximum atomic E-state index is 5.76. The molecule has 0 fully saturated rings. The first-order valence-electron chi connectivity index (χ1n) is 7.97. The third-order valence-corrected chi connectivity index (χ3v) is 3.16. The molecular weight excluding hydrogens is 405 g/mol. The fraction of sp³-hybridized carbons (Fsp3) is 0.588. The molecule has 0 aliphatic carbocycles. The van der Waals surface area contributed by atoms with Crippen molar-refractivity contribution in [2.45, 2.75) is 33.1 Å². The van der Waals surface area contributed by atoms with Gasteiger partial charge >= 0.3 is 0 Å². The maximum Gasteiger partial charge on any atom is 0.188 e. The number of rotatable bonds is 10. The van der Waals surface area contributed by atoms with Crippen LogP contribution >= 0.6 is 24.0 Å². The standard InChI is InChI=1S/C17H29N3O2.HI/c1-4-21-12-5-10-19-17(18)20-11-13-22-16-8-6-15(7-9-16)14(2)3;/h6-9,14H,4-5,10-13H2,1-3H3,(H3,18,19,20);1H. The molecule has 132 valence electrons. The van der Waals surface area contributed by atoms with Gasteiger partial charge in [-0.25, -0.2) is 0 Å². The lowest BCUT2D eigenvalue weighted by atomic mass is 10.0. The summed E-state index contributed by atoms with van der Waals surface area (Å²) in [5.74, 6) is 1.86. The van der Waals surface area contributed by atoms with Crippen molar-refractivity contribution in [3.63, 3.8) is 0 Å². The van der Waals surface area contributed by atoms with Crippen molar-refractivity contribution < 1.29 is 9.47 Å². The zero-order valence-electron chi connectivity index (χ0n) is 14.4. The summed E-state index contributed by atoms with van der Waals surface area (Å²) in [5.41, 5.74) is 7.08. The van der Waals surface area contributed by atoms with Crippen LogP contribution in [0.3, 0.4) is 0 Å². The van der Waals surface area contributed by atoms with E-state index in [1.807, 2.05) is 19.1 Å². The minimum Gasteiger partial charge on any atom is -0.492 e. The van der Waals surface area contributed by atoms with Crippen LogP contribution in [0, 0.1) is 0 Å². The molecule has 0 atom stereocenters. The Hall–Kier alpha value is -1.02. The number of aliphatic imine (C=N–C) groups is 1.